The highest BCUT2D eigenvalue weighted by Crippen LogP contribution is 2.34. The van der Waals surface area contributed by atoms with Gasteiger partial charge in [0.05, 0.1) is 27.7 Å². The number of hydrogen-bond donors (Lipinski definition) is 1. The van der Waals surface area contributed by atoms with E-state index in [1.807, 2.05) is 13.8 Å². The molecule has 0 heterocycles. The molecule has 3 aromatic rings. The van der Waals surface area contributed by atoms with Gasteiger partial charge in [-0.2, -0.15) is 0 Å². The Morgan fingerprint density at radius 2 is 1.68 bits per heavy atom. The number of sulfonamides is 1. The van der Waals surface area contributed by atoms with E-state index in [1.54, 1.807) is 54.6 Å². The number of aryl methyl sites for hydroxylation is 1. The van der Waals surface area contributed by atoms with Crippen LogP contribution in [0.2, 0.25) is 10.0 Å². The maximum Gasteiger partial charge on any atom is 0.264 e. The lowest BCUT2D eigenvalue weighted by atomic mass is 9.95. The maximum atomic E-state index is 14.4. The fourth-order valence-electron chi connectivity index (χ4n) is 5.53. The molecule has 8 nitrogen and oxygen atoms in total. The van der Waals surface area contributed by atoms with Crippen molar-refractivity contribution in [2.75, 3.05) is 18.0 Å². The van der Waals surface area contributed by atoms with Crippen LogP contribution >= 0.6 is 23.2 Å². The molecular formula is C33H39Cl2N3O5S. The van der Waals surface area contributed by atoms with Crippen molar-refractivity contribution in [1.82, 2.24) is 10.2 Å². The van der Waals surface area contributed by atoms with Gasteiger partial charge in [0.2, 0.25) is 11.8 Å². The van der Waals surface area contributed by atoms with Crippen LogP contribution in [-0.2, 0) is 26.2 Å². The van der Waals surface area contributed by atoms with E-state index in [9.17, 15) is 18.0 Å². The highest BCUT2D eigenvalue weighted by molar-refractivity contribution is 7.92. The van der Waals surface area contributed by atoms with E-state index in [-0.39, 0.29) is 29.1 Å². The van der Waals surface area contributed by atoms with E-state index in [4.69, 9.17) is 27.9 Å². The molecule has 1 aliphatic carbocycles. The summed E-state index contributed by atoms with van der Waals surface area (Å²) < 4.78 is 34.9. The van der Waals surface area contributed by atoms with Crippen LogP contribution in [0.25, 0.3) is 0 Å². The van der Waals surface area contributed by atoms with Gasteiger partial charge in [-0.05, 0) is 73.7 Å². The molecule has 0 bridgehead atoms. The number of nitrogens with one attached hydrogen (secondary N) is 1. The van der Waals surface area contributed by atoms with Crippen LogP contribution in [0.15, 0.2) is 71.6 Å². The molecule has 1 atom stereocenters. The van der Waals surface area contributed by atoms with Crippen molar-refractivity contribution >= 4 is 50.7 Å². The molecule has 0 aromatic heterocycles. The maximum absolute atomic E-state index is 14.4. The number of nitrogens with zero attached hydrogens (tertiary/aromatic N) is 2. The number of halogens is 2. The van der Waals surface area contributed by atoms with E-state index in [0.29, 0.717) is 27.8 Å². The van der Waals surface area contributed by atoms with Crippen molar-refractivity contribution in [2.24, 2.45) is 0 Å². The number of carbonyl (C=O) groups is 2. The molecule has 44 heavy (non-hydrogen) atoms. The molecule has 3 aromatic carbocycles. The van der Waals surface area contributed by atoms with Gasteiger partial charge in [0.25, 0.3) is 10.0 Å². The summed E-state index contributed by atoms with van der Waals surface area (Å²) in [5, 5.41) is 3.82. The van der Waals surface area contributed by atoms with Crippen molar-refractivity contribution in [3.05, 3.63) is 87.9 Å². The lowest BCUT2D eigenvalue weighted by Gasteiger charge is -2.34. The number of hydrogen-bond acceptors (Lipinski definition) is 5. The van der Waals surface area contributed by atoms with Crippen molar-refractivity contribution in [2.45, 2.75) is 75.9 Å². The number of benzene rings is 3. The Kier molecular flexibility index (Phi) is 11.6. The molecule has 0 saturated heterocycles. The molecule has 0 radical (unpaired) electrons. The third kappa shape index (κ3) is 8.06. The summed E-state index contributed by atoms with van der Waals surface area (Å²) in [6.07, 6.45) is 5.32. The molecule has 0 spiro atoms. The van der Waals surface area contributed by atoms with Crippen molar-refractivity contribution in [1.29, 1.82) is 0 Å². The number of amides is 2. The van der Waals surface area contributed by atoms with Gasteiger partial charge >= 0.3 is 0 Å². The minimum Gasteiger partial charge on any atom is -0.495 e. The zero-order valence-corrected chi connectivity index (χ0v) is 27.6. The Hall–Kier alpha value is -3.27. The van der Waals surface area contributed by atoms with Gasteiger partial charge in [0.1, 0.15) is 18.3 Å². The summed E-state index contributed by atoms with van der Waals surface area (Å²) in [5.41, 5.74) is 1.66. The van der Waals surface area contributed by atoms with Crippen LogP contribution in [0, 0.1) is 6.92 Å². The molecule has 1 N–H and O–H groups in total. The van der Waals surface area contributed by atoms with E-state index < -0.39 is 28.5 Å². The van der Waals surface area contributed by atoms with Crippen LogP contribution in [0.4, 0.5) is 5.69 Å². The van der Waals surface area contributed by atoms with Crippen LogP contribution in [-0.4, -0.2) is 50.9 Å². The third-order valence-electron chi connectivity index (χ3n) is 7.89. The third-order valence-corrected chi connectivity index (χ3v) is 10.4. The van der Waals surface area contributed by atoms with Crippen LogP contribution in [0.5, 0.6) is 5.75 Å². The summed E-state index contributed by atoms with van der Waals surface area (Å²) in [4.78, 5) is 29.6. The highest BCUT2D eigenvalue weighted by atomic mass is 35.5. The van der Waals surface area contributed by atoms with E-state index >= 15 is 0 Å². The van der Waals surface area contributed by atoms with Gasteiger partial charge in [0.15, 0.2) is 0 Å². The second-order valence-corrected chi connectivity index (χ2v) is 13.7. The van der Waals surface area contributed by atoms with Crippen LogP contribution in [0.1, 0.15) is 56.6 Å². The molecule has 0 unspecified atom stereocenters. The summed E-state index contributed by atoms with van der Waals surface area (Å²) in [6, 6.07) is 17.3. The quantitative estimate of drug-likeness (QED) is 0.232. The zero-order chi connectivity index (χ0) is 31.9. The molecule has 0 aliphatic heterocycles. The number of rotatable bonds is 12. The van der Waals surface area contributed by atoms with Gasteiger partial charge in [-0.25, -0.2) is 8.42 Å². The Morgan fingerprint density at radius 3 is 2.32 bits per heavy atom. The first-order chi connectivity index (χ1) is 21.0. The number of carbonyl (C=O) groups excluding carboxylic acids is 2. The topological polar surface area (TPSA) is 96.0 Å². The molecule has 1 fully saturated rings. The summed E-state index contributed by atoms with van der Waals surface area (Å²) in [5.74, 6) is -0.524. The first-order valence-corrected chi connectivity index (χ1v) is 17.0. The Morgan fingerprint density at radius 1 is 0.977 bits per heavy atom. The first kappa shape index (κ1) is 33.6. The number of methoxy groups -OCH3 is 1. The van der Waals surface area contributed by atoms with E-state index in [0.717, 1.165) is 42.0 Å². The predicted octanol–water partition coefficient (Wildman–Crippen LogP) is 6.76. The smallest absolute Gasteiger partial charge is 0.264 e. The highest BCUT2D eigenvalue weighted by Gasteiger charge is 2.35. The van der Waals surface area contributed by atoms with E-state index in [1.165, 1.54) is 24.1 Å². The van der Waals surface area contributed by atoms with Crippen molar-refractivity contribution in [3.8, 4) is 5.75 Å². The Labute approximate surface area is 270 Å². The monoisotopic (exact) mass is 659 g/mol. The minimum atomic E-state index is -4.23. The molecule has 11 heteroatoms. The SMILES string of the molecule is CC[C@@H](C(=O)NC1CCCCC1)N(Cc1ccc(Cl)c(Cl)c1)C(=O)CN(c1cc(C)ccc1OC)S(=O)(=O)c1ccccc1. The molecular weight excluding hydrogens is 621 g/mol. The summed E-state index contributed by atoms with van der Waals surface area (Å²) in [7, 11) is -2.78. The predicted molar refractivity (Wildman–Crippen MR) is 175 cm³/mol. The summed E-state index contributed by atoms with van der Waals surface area (Å²) >= 11 is 12.5. The van der Waals surface area contributed by atoms with Crippen LogP contribution in [0.3, 0.4) is 0 Å². The standard InChI is InChI=1S/C33H39Cl2N3O5S/c1-4-29(33(40)36-25-11-7-5-8-12-25)37(21-24-16-17-27(34)28(35)20-24)32(39)22-38(30-19-23(2)15-18-31(30)43-3)44(41,42)26-13-9-6-10-14-26/h6,9-10,13-20,25,29H,4-5,7-8,11-12,21-22H2,1-3H3,(H,36,40)/t29-/m0/s1. The lowest BCUT2D eigenvalue weighted by molar-refractivity contribution is -0.140. The molecule has 1 aliphatic rings. The van der Waals surface area contributed by atoms with Crippen molar-refractivity contribution in [3.63, 3.8) is 0 Å². The average molecular weight is 661 g/mol. The average Bonchev–Trinajstić information content (AvgIpc) is 3.02. The Balaban J connectivity index is 1.76. The fraction of sp³-hybridized carbons (Fsp3) is 0.394. The number of anilines is 1. The van der Waals surface area contributed by atoms with Crippen LogP contribution < -0.4 is 14.4 Å². The molecule has 2 amide bonds. The first-order valence-electron chi connectivity index (χ1n) is 14.8. The van der Waals surface area contributed by atoms with Gasteiger partial charge in [-0.1, -0.05) is 79.7 Å². The minimum absolute atomic E-state index is 0.0227. The lowest BCUT2D eigenvalue weighted by Crippen LogP contribution is -2.54. The normalized spacial score (nSPS) is 14.5. The van der Waals surface area contributed by atoms with Gasteiger partial charge in [0, 0.05) is 12.6 Å². The van der Waals surface area contributed by atoms with Crippen molar-refractivity contribution < 1.29 is 22.7 Å². The molecule has 1 saturated carbocycles. The number of ether oxygens (including phenoxy) is 1. The zero-order valence-electron chi connectivity index (χ0n) is 25.3. The van der Waals surface area contributed by atoms with Gasteiger partial charge < -0.3 is 15.0 Å². The second-order valence-electron chi connectivity index (χ2n) is 11.0. The van der Waals surface area contributed by atoms with E-state index in [2.05, 4.69) is 5.32 Å². The fourth-order valence-corrected chi connectivity index (χ4v) is 7.28. The second kappa shape index (κ2) is 15.1. The molecule has 236 valence electrons. The van der Waals surface area contributed by atoms with Gasteiger partial charge in [-0.15, -0.1) is 0 Å². The molecule has 4 rings (SSSR count). The Bertz CT molecular complexity index is 1560. The van der Waals surface area contributed by atoms with Gasteiger partial charge in [-0.3, -0.25) is 13.9 Å². The largest absolute Gasteiger partial charge is 0.495 e. The summed E-state index contributed by atoms with van der Waals surface area (Å²) in [6.45, 7) is 3.13.